The molecule has 0 bridgehead atoms. The number of benzene rings is 5. The van der Waals surface area contributed by atoms with Gasteiger partial charge in [0.05, 0.1) is 12.8 Å². The van der Waals surface area contributed by atoms with E-state index in [1.54, 1.807) is 74.8 Å². The molecule has 8 heterocycles. The van der Waals surface area contributed by atoms with E-state index >= 15 is 0 Å². The second-order valence-electron chi connectivity index (χ2n) is 29.5. The highest BCUT2D eigenvalue weighted by atomic mass is 16.4. The Bertz CT molecular complexity index is 5480. The van der Waals surface area contributed by atoms with E-state index in [0.29, 0.717) is 64.7 Å². The van der Waals surface area contributed by atoms with Crippen LogP contribution in [0.25, 0.3) is 43.7 Å². The third kappa shape index (κ3) is 20.0. The van der Waals surface area contributed by atoms with Crippen LogP contribution in [-0.2, 0) is 81.6 Å². The summed E-state index contributed by atoms with van der Waals surface area (Å²) in [7, 11) is 0. The number of primary amides is 2. The fourth-order valence-corrected chi connectivity index (χ4v) is 15.1. The minimum absolute atomic E-state index is 0.0248. The number of aryl methyl sites for hydroxylation is 2. The number of nitrogens with one attached hydrogen (secondary N) is 12. The average Bonchev–Trinajstić information content (AvgIpc) is 1.29. The first-order valence-corrected chi connectivity index (χ1v) is 38.2. The predicted octanol–water partition coefficient (Wildman–Crippen LogP) is 2.98. The lowest BCUT2D eigenvalue weighted by molar-refractivity contribution is -0.143. The zero-order valence-corrected chi connectivity index (χ0v) is 63.9. The summed E-state index contributed by atoms with van der Waals surface area (Å²) in [5.41, 5.74) is 17.0. The van der Waals surface area contributed by atoms with Gasteiger partial charge < -0.3 is 93.2 Å². The number of amides is 13. The number of aromatic nitrogens is 2. The molecule has 0 spiro atoms. The zero-order chi connectivity index (χ0) is 82.6. The third-order valence-corrected chi connectivity index (χ3v) is 21.0. The fourth-order valence-electron chi connectivity index (χ4n) is 15.1. The summed E-state index contributed by atoms with van der Waals surface area (Å²) in [6, 6.07) is 25.7. The van der Waals surface area contributed by atoms with Gasteiger partial charge in [-0.25, -0.2) is 9.59 Å². The maximum absolute atomic E-state index is 14.4. The standard InChI is InChI=1S/C44H46N8O9.C39H44N8O8/c1-24-18-39(55)61-36-21-27(13-14-28(24)36)47-41(57)33(20-26-23-46-30-11-6-5-10-29(26)30)49-42(58)32(19-25-8-3-2-4-9-25)50-43(59)35-12-7-17-52(35)44(60)34(22-37(45)53)51-40(56)31-15-16-38(54)48-31;1-20-15-34(49)55-32-17-24(11-12-25(20)32)44-37(52)29(16-23-19-41-27-8-5-4-7-26(23)27)45-35(50)22(3)43-38(53)31-9-6-14-47(31)39(54)30(18-33(40)48)46-36(51)28-13-10-21(2)42-28/h2-6,8-11,13-14,18,21,23,31-35,46H,7,12,15-17,19-20,22H2,1H3,(H2,45,53)(H,47,57)(H,48,54)(H,49,58)(H,50,59)(H,51,56);4-5,7-8,11-12,15,17,19,22,28-31,41-42H,2,6,9-10,13-14,16,18H2,1,3H3,(H2,40,48)(H,43,53)(H,44,52)(H,45,50)(H,46,51). The maximum Gasteiger partial charge on any atom is 0.336 e. The number of likely N-dealkylation sites (tertiary alicyclic amines) is 2. The van der Waals surface area contributed by atoms with Crippen molar-refractivity contribution in [1.29, 1.82) is 0 Å². The van der Waals surface area contributed by atoms with Crippen molar-refractivity contribution in [3.05, 3.63) is 201 Å². The van der Waals surface area contributed by atoms with Crippen LogP contribution in [0.15, 0.2) is 170 Å². The number of rotatable bonds is 28. The molecule has 604 valence electrons. The number of para-hydroxylation sites is 2. The molecule has 4 aliphatic heterocycles. The molecule has 0 aliphatic carbocycles. The Kier molecular flexibility index (Phi) is 25.6. The number of allylic oxidation sites excluding steroid dienone is 1. The number of aromatic amines is 2. The monoisotopic (exact) mass is 1580 g/mol. The molecule has 4 aromatic heterocycles. The van der Waals surface area contributed by atoms with Crippen molar-refractivity contribution in [2.45, 2.75) is 165 Å². The van der Waals surface area contributed by atoms with Crippen LogP contribution in [0.1, 0.15) is 98.9 Å². The van der Waals surface area contributed by atoms with Crippen molar-refractivity contribution in [2.24, 2.45) is 11.5 Å². The zero-order valence-electron chi connectivity index (χ0n) is 63.9. The smallest absolute Gasteiger partial charge is 0.336 e. The largest absolute Gasteiger partial charge is 0.423 e. The molecule has 0 saturated carbocycles. The van der Waals surface area contributed by atoms with E-state index in [-0.39, 0.29) is 75.1 Å². The normalized spacial score (nSPS) is 17.9. The van der Waals surface area contributed by atoms with Gasteiger partial charge in [0.2, 0.25) is 76.8 Å². The van der Waals surface area contributed by atoms with E-state index in [0.717, 1.165) is 38.5 Å². The number of carbonyl (C=O) groups excluding carboxylic acids is 13. The molecule has 33 heteroatoms. The van der Waals surface area contributed by atoms with E-state index in [4.69, 9.17) is 20.3 Å². The summed E-state index contributed by atoms with van der Waals surface area (Å²) in [5.74, 6) is -8.21. The Labute approximate surface area is 663 Å². The molecule has 4 saturated heterocycles. The van der Waals surface area contributed by atoms with Crippen molar-refractivity contribution in [3.63, 3.8) is 0 Å². The number of hydrogen-bond donors (Lipinski definition) is 14. The molecule has 116 heavy (non-hydrogen) atoms. The van der Waals surface area contributed by atoms with Crippen molar-refractivity contribution in [3.8, 4) is 0 Å². The van der Waals surface area contributed by atoms with E-state index in [2.05, 4.69) is 69.7 Å². The predicted molar refractivity (Wildman–Crippen MR) is 427 cm³/mol. The van der Waals surface area contributed by atoms with Gasteiger partial charge in [-0.1, -0.05) is 73.3 Å². The second-order valence-corrected chi connectivity index (χ2v) is 29.5. The summed E-state index contributed by atoms with van der Waals surface area (Å²) >= 11 is 0. The molecular weight excluding hydrogens is 1490 g/mol. The Balaban J connectivity index is 0.000000215. The van der Waals surface area contributed by atoms with Crippen LogP contribution in [0.4, 0.5) is 11.4 Å². The van der Waals surface area contributed by atoms with Gasteiger partial charge in [0, 0.05) is 125 Å². The molecule has 33 nitrogen and oxygen atoms in total. The summed E-state index contributed by atoms with van der Waals surface area (Å²) in [5, 5.41) is 30.5. The van der Waals surface area contributed by atoms with E-state index in [9.17, 15) is 71.9 Å². The number of fused-ring (bicyclic) bond motifs is 4. The molecule has 16 N–H and O–H groups in total. The third-order valence-electron chi connectivity index (χ3n) is 21.0. The molecular formula is C83H90N16O17. The Hall–Kier alpha value is -13.8. The molecule has 0 radical (unpaired) electrons. The van der Waals surface area contributed by atoms with Gasteiger partial charge in [-0.15, -0.1) is 0 Å². The maximum atomic E-state index is 14.4. The molecule has 5 aromatic carbocycles. The SMILES string of the molecule is C=C1CCC(C(=O)NC(CC(N)=O)C(=O)N2CCCC2C(=O)NC(C)C(=O)NC(Cc2c[nH]c3ccccc23)C(=O)Nc2ccc3c(C)cc(=O)oc3c2)N1.Cc1cc(=O)oc2cc(NC(=O)C(Cc3c[nH]c4ccccc34)NC(=O)C(Cc3ccccc3)NC(=O)C3CCCN3C(=O)C(CC(N)=O)NC(=O)C3CCC(=O)N3)ccc12. The van der Waals surface area contributed by atoms with Gasteiger partial charge in [-0.3, -0.25) is 62.3 Å². The highest BCUT2D eigenvalue weighted by Gasteiger charge is 2.43. The lowest BCUT2D eigenvalue weighted by atomic mass is 10.0. The Morgan fingerprint density at radius 2 is 0.914 bits per heavy atom. The van der Waals surface area contributed by atoms with Gasteiger partial charge in [-0.05, 0) is 130 Å². The lowest BCUT2D eigenvalue weighted by Gasteiger charge is -2.30. The molecule has 4 fully saturated rings. The van der Waals surface area contributed by atoms with Crippen LogP contribution in [0, 0.1) is 13.8 Å². The van der Waals surface area contributed by atoms with Gasteiger partial charge in [0.25, 0.3) is 0 Å². The molecule has 9 aromatic rings. The number of nitrogens with zero attached hydrogens (tertiary/aromatic N) is 2. The Morgan fingerprint density at radius 1 is 0.474 bits per heavy atom. The number of anilines is 2. The number of H-pyrrole nitrogens is 2. The van der Waals surface area contributed by atoms with Crippen molar-refractivity contribution < 1.29 is 71.2 Å². The highest BCUT2D eigenvalue weighted by molar-refractivity contribution is 6.04. The molecule has 13 rings (SSSR count). The topological polar surface area (TPSA) is 493 Å². The molecule has 10 unspecified atom stereocenters. The highest BCUT2D eigenvalue weighted by Crippen LogP contribution is 2.28. The number of hydrogen-bond acceptors (Lipinski definition) is 18. The fraction of sp³-hybridized carbons (Fsp3) is 0.337. The van der Waals surface area contributed by atoms with Crippen molar-refractivity contribution in [2.75, 3.05) is 23.7 Å². The first-order chi connectivity index (χ1) is 55.6. The first kappa shape index (κ1) is 81.7. The van der Waals surface area contributed by atoms with E-state index in [1.165, 1.54) is 41.0 Å². The van der Waals surface area contributed by atoms with Crippen LogP contribution in [0.3, 0.4) is 0 Å². The molecule has 4 aliphatic rings. The first-order valence-electron chi connectivity index (χ1n) is 38.2. The van der Waals surface area contributed by atoms with E-state index in [1.807, 2.05) is 54.6 Å². The van der Waals surface area contributed by atoms with Crippen molar-refractivity contribution >= 4 is 132 Å². The number of nitrogens with two attached hydrogens (primary N) is 2. The second kappa shape index (κ2) is 36.4. The van der Waals surface area contributed by atoms with Gasteiger partial charge in [-0.2, -0.15) is 0 Å². The van der Waals surface area contributed by atoms with Crippen LogP contribution >= 0.6 is 0 Å². The minimum atomic E-state index is -1.40. The summed E-state index contributed by atoms with van der Waals surface area (Å²) < 4.78 is 10.7. The summed E-state index contributed by atoms with van der Waals surface area (Å²) in [6.45, 7) is 9.14. The van der Waals surface area contributed by atoms with Gasteiger partial charge in [0.15, 0.2) is 0 Å². The van der Waals surface area contributed by atoms with Crippen molar-refractivity contribution in [1.82, 2.24) is 62.3 Å². The molecule has 13 amide bonds. The van der Waals surface area contributed by atoms with Crippen LogP contribution in [-0.4, -0.2) is 170 Å². The average molecular weight is 1580 g/mol. The van der Waals surface area contributed by atoms with Gasteiger partial charge >= 0.3 is 11.3 Å². The minimum Gasteiger partial charge on any atom is -0.423 e. The summed E-state index contributed by atoms with van der Waals surface area (Å²) in [4.78, 5) is 206. The van der Waals surface area contributed by atoms with Crippen LogP contribution in [0.5, 0.6) is 0 Å². The molecule has 10 atom stereocenters. The van der Waals surface area contributed by atoms with Gasteiger partial charge in [0.1, 0.15) is 71.6 Å². The van der Waals surface area contributed by atoms with E-state index < -0.39 is 155 Å². The quantitative estimate of drug-likeness (QED) is 0.0313. The van der Waals surface area contributed by atoms with Crippen LogP contribution < -0.4 is 75.9 Å². The summed E-state index contributed by atoms with van der Waals surface area (Å²) in [6.07, 6.45) is 5.50. The Morgan fingerprint density at radius 3 is 1.38 bits per heavy atom. The lowest BCUT2D eigenvalue weighted by Crippen LogP contribution is -2.59. The van der Waals surface area contributed by atoms with Crippen LogP contribution in [0.2, 0.25) is 0 Å². The number of carbonyl (C=O) groups is 13.